The summed E-state index contributed by atoms with van der Waals surface area (Å²) in [4.78, 5) is 20.4. The number of carboxylic acid groups (broad SMARTS) is 1. The number of anilines is 2. The molecule has 0 fully saturated rings. The first-order chi connectivity index (χ1) is 17.4. The quantitative estimate of drug-likeness (QED) is 0.320. The van der Waals surface area contributed by atoms with Crippen LogP contribution in [-0.2, 0) is 0 Å². The van der Waals surface area contributed by atoms with Crippen LogP contribution < -0.4 is 10.1 Å². The van der Waals surface area contributed by atoms with E-state index in [2.05, 4.69) is 15.3 Å². The first-order valence-electron chi connectivity index (χ1n) is 11.1. The number of nitrogens with one attached hydrogen (secondary N) is 1. The summed E-state index contributed by atoms with van der Waals surface area (Å²) < 4.78 is 22.7. The van der Waals surface area contributed by atoms with Gasteiger partial charge in [0, 0.05) is 18.0 Å². The van der Waals surface area contributed by atoms with E-state index in [4.69, 9.17) is 9.84 Å². The number of aromatic carboxylic acids is 1. The molecule has 0 aliphatic rings. The van der Waals surface area contributed by atoms with Gasteiger partial charge in [-0.1, -0.05) is 30.3 Å². The Balaban J connectivity index is 1.84. The van der Waals surface area contributed by atoms with Crippen LogP contribution in [0.1, 0.15) is 21.6 Å². The molecule has 0 saturated carbocycles. The highest BCUT2D eigenvalue weighted by molar-refractivity contribution is 5.98. The summed E-state index contributed by atoms with van der Waals surface area (Å²) in [6, 6.07) is 16.1. The van der Waals surface area contributed by atoms with Gasteiger partial charge in [-0.3, -0.25) is 4.98 Å². The Bertz CT molecular complexity index is 1620. The second kappa shape index (κ2) is 9.10. The lowest BCUT2D eigenvalue weighted by molar-refractivity contribution is 0.0698. The minimum Gasteiger partial charge on any atom is -0.493 e. The Hall–Kier alpha value is -4.79. The van der Waals surface area contributed by atoms with Crippen LogP contribution >= 0.6 is 0 Å². The Labute approximate surface area is 206 Å². The Morgan fingerprint density at radius 3 is 2.53 bits per heavy atom. The van der Waals surface area contributed by atoms with Gasteiger partial charge in [0.15, 0.2) is 11.6 Å². The van der Waals surface area contributed by atoms with Gasteiger partial charge in [-0.05, 0) is 43.7 Å². The predicted molar refractivity (Wildman–Crippen MR) is 135 cm³/mol. The second-order valence-electron chi connectivity index (χ2n) is 8.18. The van der Waals surface area contributed by atoms with Gasteiger partial charge in [0.1, 0.15) is 11.3 Å². The van der Waals surface area contributed by atoms with Gasteiger partial charge in [-0.25, -0.2) is 18.9 Å². The van der Waals surface area contributed by atoms with Crippen LogP contribution in [0.25, 0.3) is 27.8 Å². The Morgan fingerprint density at radius 1 is 1.06 bits per heavy atom. The Kier molecular flexibility index (Phi) is 5.81. The van der Waals surface area contributed by atoms with Crippen molar-refractivity contribution in [1.29, 1.82) is 0 Å². The van der Waals surface area contributed by atoms with Crippen LogP contribution in [0.15, 0.2) is 67.0 Å². The average molecular weight is 484 g/mol. The fourth-order valence-electron chi connectivity index (χ4n) is 4.29. The van der Waals surface area contributed by atoms with Crippen molar-refractivity contribution in [3.05, 3.63) is 89.6 Å². The molecule has 0 bridgehead atoms. The molecule has 0 unspecified atom stereocenters. The largest absolute Gasteiger partial charge is 0.493 e. The van der Waals surface area contributed by atoms with Crippen molar-refractivity contribution in [2.75, 3.05) is 12.4 Å². The van der Waals surface area contributed by atoms with Crippen molar-refractivity contribution in [3.63, 3.8) is 0 Å². The molecule has 2 aromatic heterocycles. The fourth-order valence-corrected chi connectivity index (χ4v) is 4.29. The lowest BCUT2D eigenvalue weighted by Crippen LogP contribution is -2.09. The molecule has 0 aliphatic heterocycles. The van der Waals surface area contributed by atoms with E-state index in [1.807, 2.05) is 43.3 Å². The van der Waals surface area contributed by atoms with Gasteiger partial charge in [0.25, 0.3) is 0 Å². The van der Waals surface area contributed by atoms with E-state index in [9.17, 15) is 9.90 Å². The topological polar surface area (TPSA) is 102 Å². The number of nitrogens with zero attached hydrogens (tertiary/aromatic N) is 4. The third kappa shape index (κ3) is 3.80. The summed E-state index contributed by atoms with van der Waals surface area (Å²) in [6.45, 7) is 3.62. The zero-order valence-electron chi connectivity index (χ0n) is 19.8. The maximum Gasteiger partial charge on any atom is 0.337 e. The molecule has 0 atom stereocenters. The highest BCUT2D eigenvalue weighted by Gasteiger charge is 2.26. The van der Waals surface area contributed by atoms with Gasteiger partial charge >= 0.3 is 5.97 Å². The maximum absolute atomic E-state index is 15.5. The summed E-state index contributed by atoms with van der Waals surface area (Å²) in [5, 5.41) is 17.9. The number of carbonyl (C=O) groups is 1. The van der Waals surface area contributed by atoms with Gasteiger partial charge in [0.2, 0.25) is 0 Å². The predicted octanol–water partition coefficient (Wildman–Crippen LogP) is 5.69. The van der Waals surface area contributed by atoms with Crippen LogP contribution in [0.3, 0.4) is 0 Å². The summed E-state index contributed by atoms with van der Waals surface area (Å²) in [6.07, 6.45) is 2.91. The standard InChI is InChI=1S/C27H22FN5O3/c1-15-8-7-11-18(27(34)35)23(15)31-26-21(16(2)32-33(26)17-9-5-4-6-10-17)19-14-20-24(30-13-12-29-20)22(28)25(19)36-3/h4-14,31H,1-3H3,(H,34,35). The molecule has 0 aliphatic carbocycles. The lowest BCUT2D eigenvalue weighted by Gasteiger charge is -2.17. The van der Waals surface area contributed by atoms with E-state index < -0.39 is 11.8 Å². The molecule has 8 nitrogen and oxygen atoms in total. The van der Waals surface area contributed by atoms with E-state index >= 15 is 4.39 Å². The number of carboxylic acids is 1. The van der Waals surface area contributed by atoms with Crippen molar-refractivity contribution in [3.8, 4) is 22.6 Å². The molecular formula is C27H22FN5O3. The van der Waals surface area contributed by atoms with Gasteiger partial charge in [0.05, 0.1) is 40.8 Å². The number of hydrogen-bond donors (Lipinski definition) is 2. The van der Waals surface area contributed by atoms with Crippen molar-refractivity contribution in [2.45, 2.75) is 13.8 Å². The number of hydrogen-bond acceptors (Lipinski definition) is 6. The fraction of sp³-hybridized carbons (Fsp3) is 0.111. The smallest absolute Gasteiger partial charge is 0.337 e. The van der Waals surface area contributed by atoms with Crippen molar-refractivity contribution in [1.82, 2.24) is 19.7 Å². The van der Waals surface area contributed by atoms with E-state index in [1.54, 1.807) is 23.7 Å². The first kappa shape index (κ1) is 23.0. The molecule has 5 rings (SSSR count). The van der Waals surface area contributed by atoms with E-state index in [-0.39, 0.29) is 16.8 Å². The monoisotopic (exact) mass is 483 g/mol. The number of fused-ring (bicyclic) bond motifs is 1. The number of ether oxygens (including phenoxy) is 1. The number of benzene rings is 3. The van der Waals surface area contributed by atoms with Gasteiger partial charge < -0.3 is 15.2 Å². The highest BCUT2D eigenvalue weighted by atomic mass is 19.1. The van der Waals surface area contributed by atoms with Crippen molar-refractivity contribution < 1.29 is 19.0 Å². The Morgan fingerprint density at radius 2 is 1.81 bits per heavy atom. The number of halogens is 1. The third-order valence-electron chi connectivity index (χ3n) is 5.94. The second-order valence-corrected chi connectivity index (χ2v) is 8.18. The number of aromatic nitrogens is 4. The molecule has 0 saturated heterocycles. The van der Waals surface area contributed by atoms with Crippen LogP contribution in [0.5, 0.6) is 5.75 Å². The average Bonchev–Trinajstić information content (AvgIpc) is 3.21. The minimum absolute atomic E-state index is 0.00926. The molecule has 5 aromatic rings. The SMILES string of the molecule is COc1c(-c2c(C)nn(-c3ccccc3)c2Nc2c(C)cccc2C(=O)O)cc2nccnc2c1F. The highest BCUT2D eigenvalue weighted by Crippen LogP contribution is 2.43. The number of aryl methyl sites for hydroxylation is 2. The van der Waals surface area contributed by atoms with Crippen molar-refractivity contribution in [2.24, 2.45) is 0 Å². The van der Waals surface area contributed by atoms with Crippen LogP contribution in [0.4, 0.5) is 15.9 Å². The van der Waals surface area contributed by atoms with Crippen LogP contribution in [0, 0.1) is 19.7 Å². The molecule has 3 aromatic carbocycles. The molecule has 2 heterocycles. The number of methoxy groups -OCH3 is 1. The summed E-state index contributed by atoms with van der Waals surface area (Å²) in [5.74, 6) is -1.27. The van der Waals surface area contributed by atoms with Crippen LogP contribution in [-0.4, -0.2) is 37.9 Å². The van der Waals surface area contributed by atoms with E-state index in [0.29, 0.717) is 33.8 Å². The normalized spacial score (nSPS) is 11.0. The van der Waals surface area contributed by atoms with E-state index in [1.165, 1.54) is 25.6 Å². The first-order valence-corrected chi connectivity index (χ1v) is 11.1. The minimum atomic E-state index is -1.07. The maximum atomic E-state index is 15.5. The molecule has 0 spiro atoms. The number of rotatable bonds is 6. The summed E-state index contributed by atoms with van der Waals surface area (Å²) in [7, 11) is 1.39. The molecule has 9 heteroatoms. The zero-order valence-corrected chi connectivity index (χ0v) is 19.8. The zero-order chi connectivity index (χ0) is 25.4. The molecule has 180 valence electrons. The third-order valence-corrected chi connectivity index (χ3v) is 5.94. The molecule has 0 radical (unpaired) electrons. The van der Waals surface area contributed by atoms with Gasteiger partial charge in [-0.15, -0.1) is 0 Å². The lowest BCUT2D eigenvalue weighted by atomic mass is 10.0. The van der Waals surface area contributed by atoms with Crippen LogP contribution in [0.2, 0.25) is 0 Å². The number of para-hydroxylation sites is 2. The van der Waals surface area contributed by atoms with Crippen molar-refractivity contribution >= 4 is 28.5 Å². The molecule has 0 amide bonds. The summed E-state index contributed by atoms with van der Waals surface area (Å²) in [5.41, 5.74) is 3.94. The summed E-state index contributed by atoms with van der Waals surface area (Å²) >= 11 is 0. The molecular weight excluding hydrogens is 461 g/mol. The molecule has 2 N–H and O–H groups in total. The van der Waals surface area contributed by atoms with E-state index in [0.717, 1.165) is 11.3 Å². The molecule has 36 heavy (non-hydrogen) atoms. The van der Waals surface area contributed by atoms with Gasteiger partial charge in [-0.2, -0.15) is 5.10 Å².